The predicted octanol–water partition coefficient (Wildman–Crippen LogP) is 3.26. The van der Waals surface area contributed by atoms with Crippen LogP contribution in [0, 0.1) is 0 Å². The molecule has 0 radical (unpaired) electrons. The summed E-state index contributed by atoms with van der Waals surface area (Å²) in [5.74, 6) is 0.854. The van der Waals surface area contributed by atoms with Crippen molar-refractivity contribution in [1.82, 2.24) is 0 Å². The van der Waals surface area contributed by atoms with Crippen LogP contribution >= 0.6 is 0 Å². The summed E-state index contributed by atoms with van der Waals surface area (Å²) in [5, 5.41) is 0. The van der Waals surface area contributed by atoms with Gasteiger partial charge in [-0.2, -0.15) is 0 Å². The Morgan fingerprint density at radius 3 is 2.00 bits per heavy atom. The van der Waals surface area contributed by atoms with Crippen LogP contribution in [0.3, 0.4) is 0 Å². The highest BCUT2D eigenvalue weighted by atomic mass is 16.7. The fraction of sp³-hybridized carbons (Fsp3) is 0.600. The summed E-state index contributed by atoms with van der Waals surface area (Å²) in [6.07, 6.45) is 1.04. The van der Waals surface area contributed by atoms with Crippen LogP contribution in [-0.2, 0) is 15.7 Å². The molecule has 1 aromatic rings. The molecule has 1 aliphatic heterocycles. The van der Waals surface area contributed by atoms with Crippen molar-refractivity contribution in [2.24, 2.45) is 0 Å². The van der Waals surface area contributed by atoms with E-state index in [-0.39, 0.29) is 18.3 Å². The molecule has 1 fully saturated rings. The second kappa shape index (κ2) is 5.18. The molecule has 1 aromatic carbocycles. The monoisotopic (exact) mass is 262 g/mol. The van der Waals surface area contributed by atoms with Gasteiger partial charge in [0.05, 0.1) is 11.2 Å². The van der Waals surface area contributed by atoms with Gasteiger partial charge in [-0.3, -0.25) is 0 Å². The van der Waals surface area contributed by atoms with E-state index in [1.165, 1.54) is 5.56 Å². The van der Waals surface area contributed by atoms with Crippen molar-refractivity contribution in [3.05, 3.63) is 29.8 Å². The lowest BCUT2D eigenvalue weighted by Crippen LogP contribution is -2.41. The van der Waals surface area contributed by atoms with Crippen molar-refractivity contribution in [2.75, 3.05) is 6.51 Å². The molecule has 104 valence electrons. The molecule has 0 unspecified atom stereocenters. The van der Waals surface area contributed by atoms with Gasteiger partial charge in [-0.15, -0.1) is 0 Å². The Morgan fingerprint density at radius 2 is 1.53 bits per heavy atom. The number of hydrogen-bond donors (Lipinski definition) is 0. The van der Waals surface area contributed by atoms with Gasteiger partial charge in [-0.1, -0.05) is 19.1 Å². The number of rotatable bonds is 4. The maximum absolute atomic E-state index is 5.88. The topological polar surface area (TPSA) is 27.7 Å². The van der Waals surface area contributed by atoms with E-state index in [9.17, 15) is 0 Å². The normalized spacial score (nSPS) is 20.6. The van der Waals surface area contributed by atoms with E-state index in [1.54, 1.807) is 0 Å². The molecule has 0 aromatic heterocycles. The second-order valence-electron chi connectivity index (χ2n) is 5.99. The third kappa shape index (κ3) is 3.12. The van der Waals surface area contributed by atoms with Crippen LogP contribution in [-0.4, -0.2) is 24.8 Å². The Bertz CT molecular complexity index is 410. The molecule has 0 spiro atoms. The Balaban J connectivity index is 1.90. The zero-order valence-corrected chi connectivity index (χ0v) is 12.5. The molecule has 0 aliphatic carbocycles. The van der Waals surface area contributed by atoms with E-state index in [1.807, 2.05) is 39.8 Å². The van der Waals surface area contributed by atoms with Crippen LogP contribution in [0.25, 0.3) is 0 Å². The van der Waals surface area contributed by atoms with Gasteiger partial charge in [-0.05, 0) is 51.8 Å². The molecule has 2 rings (SSSR count). The third-order valence-corrected chi connectivity index (χ3v) is 4.02. The SMILES string of the molecule is CCc1ccc(OCB2OC(C)(C)C(C)(C)O2)cc1. The van der Waals surface area contributed by atoms with Gasteiger partial charge in [0.25, 0.3) is 0 Å². The molecular weight excluding hydrogens is 239 g/mol. The van der Waals surface area contributed by atoms with Crippen LogP contribution in [0.1, 0.15) is 40.2 Å². The number of aryl methyl sites for hydroxylation is 1. The van der Waals surface area contributed by atoms with Gasteiger partial charge in [0.1, 0.15) is 12.3 Å². The fourth-order valence-corrected chi connectivity index (χ4v) is 2.02. The summed E-state index contributed by atoms with van der Waals surface area (Å²) in [6, 6.07) is 8.15. The van der Waals surface area contributed by atoms with E-state index in [2.05, 4.69) is 19.1 Å². The summed E-state index contributed by atoms with van der Waals surface area (Å²) in [7, 11) is -0.309. The van der Waals surface area contributed by atoms with E-state index in [4.69, 9.17) is 14.0 Å². The van der Waals surface area contributed by atoms with Crippen molar-refractivity contribution in [3.63, 3.8) is 0 Å². The molecule has 1 aliphatic rings. The first-order valence-electron chi connectivity index (χ1n) is 6.91. The minimum atomic E-state index is -0.309. The molecule has 0 amide bonds. The highest BCUT2D eigenvalue weighted by molar-refractivity contribution is 6.45. The molecular formula is C15H23BO3. The average molecular weight is 262 g/mol. The summed E-state index contributed by atoms with van der Waals surface area (Å²) < 4.78 is 17.5. The van der Waals surface area contributed by atoms with Crippen molar-refractivity contribution in [1.29, 1.82) is 0 Å². The molecule has 4 heteroatoms. The van der Waals surface area contributed by atoms with Gasteiger partial charge < -0.3 is 14.0 Å². The lowest BCUT2D eigenvalue weighted by atomic mass is 9.90. The Morgan fingerprint density at radius 1 is 1.00 bits per heavy atom. The number of hydrogen-bond acceptors (Lipinski definition) is 3. The van der Waals surface area contributed by atoms with Gasteiger partial charge in [-0.25, -0.2) is 0 Å². The highest BCUT2D eigenvalue weighted by Crippen LogP contribution is 2.36. The first-order valence-corrected chi connectivity index (χ1v) is 6.91. The first-order chi connectivity index (χ1) is 8.84. The van der Waals surface area contributed by atoms with Crippen molar-refractivity contribution < 1.29 is 14.0 Å². The second-order valence-corrected chi connectivity index (χ2v) is 5.99. The van der Waals surface area contributed by atoms with Crippen LogP contribution in [0.5, 0.6) is 5.75 Å². The van der Waals surface area contributed by atoms with Gasteiger partial charge in [0.15, 0.2) is 0 Å². The molecule has 0 N–H and O–H groups in total. The average Bonchev–Trinajstić information content (AvgIpc) is 2.56. The Hall–Kier alpha value is -0.995. The zero-order valence-electron chi connectivity index (χ0n) is 12.5. The fourth-order valence-electron chi connectivity index (χ4n) is 2.02. The maximum atomic E-state index is 5.88. The minimum Gasteiger partial charge on any atom is -0.496 e. The van der Waals surface area contributed by atoms with Crippen molar-refractivity contribution in [3.8, 4) is 5.75 Å². The molecule has 0 bridgehead atoms. The third-order valence-electron chi connectivity index (χ3n) is 4.02. The van der Waals surface area contributed by atoms with E-state index >= 15 is 0 Å². The first kappa shape index (κ1) is 14.4. The van der Waals surface area contributed by atoms with Crippen molar-refractivity contribution in [2.45, 2.75) is 52.2 Å². The summed E-state index contributed by atoms with van der Waals surface area (Å²) >= 11 is 0. The standard InChI is InChI=1S/C15H23BO3/c1-6-12-7-9-13(10-8-12)17-11-16-18-14(2,3)15(4,5)19-16/h7-10H,6,11H2,1-5H3. The lowest BCUT2D eigenvalue weighted by molar-refractivity contribution is 0.00578. The summed E-state index contributed by atoms with van der Waals surface area (Å²) in [4.78, 5) is 0. The Kier molecular flexibility index (Phi) is 3.93. The summed E-state index contributed by atoms with van der Waals surface area (Å²) in [5.41, 5.74) is 0.711. The van der Waals surface area contributed by atoms with Gasteiger partial charge >= 0.3 is 7.12 Å². The summed E-state index contributed by atoms with van der Waals surface area (Å²) in [6.45, 7) is 10.7. The largest absolute Gasteiger partial charge is 0.498 e. The van der Waals surface area contributed by atoms with Gasteiger partial charge in [0.2, 0.25) is 0 Å². The molecule has 0 atom stereocenters. The minimum absolute atomic E-state index is 0.299. The molecule has 0 saturated carbocycles. The molecule has 3 nitrogen and oxygen atoms in total. The highest BCUT2D eigenvalue weighted by Gasteiger charge is 2.51. The predicted molar refractivity (Wildman–Crippen MR) is 77.4 cm³/mol. The van der Waals surface area contributed by atoms with Crippen molar-refractivity contribution >= 4 is 7.12 Å². The number of ether oxygens (including phenoxy) is 1. The quantitative estimate of drug-likeness (QED) is 0.779. The molecule has 19 heavy (non-hydrogen) atoms. The van der Waals surface area contributed by atoms with Crippen LogP contribution < -0.4 is 4.74 Å². The molecule has 1 saturated heterocycles. The smallest absolute Gasteiger partial charge is 0.496 e. The number of benzene rings is 1. The van der Waals surface area contributed by atoms with Gasteiger partial charge in [0, 0.05) is 0 Å². The van der Waals surface area contributed by atoms with Crippen LogP contribution in [0.2, 0.25) is 0 Å². The van der Waals surface area contributed by atoms with E-state index < -0.39 is 0 Å². The Labute approximate surface area is 116 Å². The molecule has 1 heterocycles. The van der Waals surface area contributed by atoms with E-state index in [0.29, 0.717) is 6.51 Å². The van der Waals surface area contributed by atoms with Crippen LogP contribution in [0.15, 0.2) is 24.3 Å². The van der Waals surface area contributed by atoms with Crippen LogP contribution in [0.4, 0.5) is 0 Å². The zero-order chi connectivity index (χ0) is 14.1. The maximum Gasteiger partial charge on any atom is 0.498 e. The lowest BCUT2D eigenvalue weighted by Gasteiger charge is -2.32. The van der Waals surface area contributed by atoms with E-state index in [0.717, 1.165) is 12.2 Å².